The summed E-state index contributed by atoms with van der Waals surface area (Å²) >= 11 is 0. The van der Waals surface area contributed by atoms with Crippen LogP contribution in [0.3, 0.4) is 0 Å². The minimum Gasteiger partial charge on any atom is -0.313 e. The number of rotatable bonds is 1. The summed E-state index contributed by atoms with van der Waals surface area (Å²) in [5.74, 6) is 5.91. The third kappa shape index (κ3) is 1.21. The Kier molecular flexibility index (Phi) is 2.02. The Bertz CT molecular complexity index is 187. The highest BCUT2D eigenvalue weighted by atomic mass is 16.2. The molecule has 0 radical (unpaired) electrons. The summed E-state index contributed by atoms with van der Waals surface area (Å²) in [6, 6.07) is 0.374. The number of hydrogen-bond acceptors (Lipinski definition) is 3. The monoisotopic (exact) mass is 169 g/mol. The molecule has 1 amide bonds. The summed E-state index contributed by atoms with van der Waals surface area (Å²) in [5.41, 5.74) is 2.24. The molecule has 3 unspecified atom stereocenters. The molecule has 3 rings (SSSR count). The molecule has 4 nitrogen and oxygen atoms in total. The van der Waals surface area contributed by atoms with E-state index in [1.54, 1.807) is 0 Å². The van der Waals surface area contributed by atoms with Crippen LogP contribution in [0.4, 0.5) is 0 Å². The molecule has 0 aromatic rings. The first-order chi connectivity index (χ1) is 5.81. The maximum Gasteiger partial charge on any atom is 0.238 e. The predicted octanol–water partition coefficient (Wildman–Crippen LogP) is -0.636. The topological polar surface area (TPSA) is 67.1 Å². The summed E-state index contributed by atoms with van der Waals surface area (Å²) in [6.45, 7) is 1.08. The molecule has 0 spiro atoms. The van der Waals surface area contributed by atoms with Gasteiger partial charge in [-0.3, -0.25) is 10.2 Å². The van der Waals surface area contributed by atoms with Gasteiger partial charge in [-0.25, -0.2) is 5.84 Å². The number of piperidine rings is 2. The number of amides is 1. The van der Waals surface area contributed by atoms with E-state index < -0.39 is 0 Å². The van der Waals surface area contributed by atoms with Crippen LogP contribution in [0.1, 0.15) is 19.3 Å². The van der Waals surface area contributed by atoms with Crippen LogP contribution in [0.2, 0.25) is 0 Å². The fraction of sp³-hybridized carbons (Fsp3) is 0.875. The average molecular weight is 169 g/mol. The number of carbonyl (C=O) groups is 1. The van der Waals surface area contributed by atoms with E-state index in [9.17, 15) is 4.79 Å². The third-order valence-corrected chi connectivity index (χ3v) is 3.11. The quantitative estimate of drug-likeness (QED) is 0.278. The van der Waals surface area contributed by atoms with Gasteiger partial charge in [0.2, 0.25) is 5.91 Å². The van der Waals surface area contributed by atoms with E-state index in [4.69, 9.17) is 5.84 Å². The molecule has 3 atom stereocenters. The number of hydrogen-bond donors (Lipinski definition) is 3. The van der Waals surface area contributed by atoms with Gasteiger partial charge in [0, 0.05) is 6.04 Å². The van der Waals surface area contributed by atoms with Crippen molar-refractivity contribution in [3.63, 3.8) is 0 Å². The standard InChI is InChI=1S/C8H15N3O/c9-11-8(12)6-3-5-1-2-7(6)10-4-5/h5-7,10H,1-4,9H2,(H,11,12). The van der Waals surface area contributed by atoms with Crippen LogP contribution in [-0.4, -0.2) is 18.5 Å². The Hall–Kier alpha value is -0.610. The van der Waals surface area contributed by atoms with Crippen molar-refractivity contribution in [1.29, 1.82) is 0 Å². The Labute approximate surface area is 71.9 Å². The highest BCUT2D eigenvalue weighted by Gasteiger charge is 2.38. The van der Waals surface area contributed by atoms with Crippen LogP contribution >= 0.6 is 0 Å². The third-order valence-electron chi connectivity index (χ3n) is 3.11. The van der Waals surface area contributed by atoms with Crippen molar-refractivity contribution >= 4 is 5.91 Å². The molecule has 0 aromatic heterocycles. The van der Waals surface area contributed by atoms with Crippen molar-refractivity contribution in [3.05, 3.63) is 0 Å². The number of hydrazine groups is 1. The molecule has 2 saturated heterocycles. The van der Waals surface area contributed by atoms with Crippen molar-refractivity contribution in [1.82, 2.24) is 10.7 Å². The van der Waals surface area contributed by atoms with E-state index in [1.165, 1.54) is 6.42 Å². The van der Waals surface area contributed by atoms with Gasteiger partial charge in [-0.1, -0.05) is 0 Å². The second kappa shape index (κ2) is 3.03. The minimum absolute atomic E-state index is 0.00287. The normalized spacial score (nSPS) is 39.6. The minimum atomic E-state index is -0.00287. The summed E-state index contributed by atoms with van der Waals surface area (Å²) in [4.78, 5) is 11.3. The number of carbonyl (C=O) groups excluding carboxylic acids is 1. The van der Waals surface area contributed by atoms with E-state index in [0.29, 0.717) is 12.0 Å². The Morgan fingerprint density at radius 2 is 2.33 bits per heavy atom. The lowest BCUT2D eigenvalue weighted by atomic mass is 9.74. The van der Waals surface area contributed by atoms with Crippen LogP contribution in [0.25, 0.3) is 0 Å². The SMILES string of the molecule is NNC(=O)C1CC2CCC1NC2. The van der Waals surface area contributed by atoms with Gasteiger partial charge in [0.05, 0.1) is 5.92 Å². The van der Waals surface area contributed by atoms with E-state index in [-0.39, 0.29) is 11.8 Å². The van der Waals surface area contributed by atoms with Gasteiger partial charge in [-0.05, 0) is 31.7 Å². The smallest absolute Gasteiger partial charge is 0.238 e. The molecule has 2 heterocycles. The summed E-state index contributed by atoms with van der Waals surface area (Å²) < 4.78 is 0. The van der Waals surface area contributed by atoms with Gasteiger partial charge in [-0.2, -0.15) is 0 Å². The zero-order valence-corrected chi connectivity index (χ0v) is 7.05. The molecule has 0 aromatic carbocycles. The van der Waals surface area contributed by atoms with Crippen LogP contribution in [0.5, 0.6) is 0 Å². The number of fused-ring (bicyclic) bond motifs is 3. The summed E-state index contributed by atoms with van der Waals surface area (Å²) in [5, 5.41) is 3.37. The van der Waals surface area contributed by atoms with Crippen molar-refractivity contribution in [3.8, 4) is 0 Å². The summed E-state index contributed by atoms with van der Waals surface area (Å²) in [7, 11) is 0. The first-order valence-electron chi connectivity index (χ1n) is 4.55. The lowest BCUT2D eigenvalue weighted by Gasteiger charge is -2.42. The molecule has 3 aliphatic rings. The van der Waals surface area contributed by atoms with Crippen molar-refractivity contribution < 1.29 is 4.79 Å². The fourth-order valence-electron chi connectivity index (χ4n) is 2.40. The Morgan fingerprint density at radius 1 is 1.50 bits per heavy atom. The highest BCUT2D eigenvalue weighted by molar-refractivity contribution is 5.79. The fourth-order valence-corrected chi connectivity index (χ4v) is 2.40. The largest absolute Gasteiger partial charge is 0.313 e. The van der Waals surface area contributed by atoms with Crippen molar-refractivity contribution in [2.75, 3.05) is 6.54 Å². The van der Waals surface area contributed by atoms with E-state index >= 15 is 0 Å². The molecule has 4 N–H and O–H groups in total. The zero-order chi connectivity index (χ0) is 8.55. The molecule has 1 saturated carbocycles. The van der Waals surface area contributed by atoms with Crippen molar-refractivity contribution in [2.24, 2.45) is 17.7 Å². The van der Waals surface area contributed by atoms with Crippen LogP contribution in [0.15, 0.2) is 0 Å². The first kappa shape index (κ1) is 8.01. The van der Waals surface area contributed by atoms with Crippen LogP contribution < -0.4 is 16.6 Å². The van der Waals surface area contributed by atoms with E-state index in [1.807, 2.05) is 0 Å². The van der Waals surface area contributed by atoms with Crippen molar-refractivity contribution in [2.45, 2.75) is 25.3 Å². The maximum absolute atomic E-state index is 11.3. The van der Waals surface area contributed by atoms with Gasteiger partial charge in [0.1, 0.15) is 0 Å². The maximum atomic E-state index is 11.3. The second-order valence-corrected chi connectivity index (χ2v) is 3.81. The van der Waals surface area contributed by atoms with E-state index in [0.717, 1.165) is 19.4 Å². The molecule has 2 bridgehead atoms. The van der Waals surface area contributed by atoms with Crippen LogP contribution in [0, 0.1) is 11.8 Å². The Morgan fingerprint density at radius 3 is 2.75 bits per heavy atom. The molecule has 3 fully saturated rings. The molecule has 1 aliphatic carbocycles. The van der Waals surface area contributed by atoms with Gasteiger partial charge in [-0.15, -0.1) is 0 Å². The van der Waals surface area contributed by atoms with E-state index in [2.05, 4.69) is 10.7 Å². The lowest BCUT2D eigenvalue weighted by Crippen LogP contribution is -2.55. The molecular formula is C8H15N3O. The molecule has 68 valence electrons. The van der Waals surface area contributed by atoms with Crippen LogP contribution in [-0.2, 0) is 4.79 Å². The number of nitrogens with one attached hydrogen (secondary N) is 2. The van der Waals surface area contributed by atoms with Gasteiger partial charge in [0.15, 0.2) is 0 Å². The average Bonchev–Trinajstić information content (AvgIpc) is 2.18. The molecule has 12 heavy (non-hydrogen) atoms. The second-order valence-electron chi connectivity index (χ2n) is 3.81. The molecule has 2 aliphatic heterocycles. The Balaban J connectivity index is 2.03. The zero-order valence-electron chi connectivity index (χ0n) is 7.05. The molecular weight excluding hydrogens is 154 g/mol. The van der Waals surface area contributed by atoms with Gasteiger partial charge < -0.3 is 5.32 Å². The molecule has 4 heteroatoms. The first-order valence-corrected chi connectivity index (χ1v) is 4.55. The lowest BCUT2D eigenvalue weighted by molar-refractivity contribution is -0.128. The predicted molar refractivity (Wildman–Crippen MR) is 45.0 cm³/mol. The van der Waals surface area contributed by atoms with Gasteiger partial charge >= 0.3 is 0 Å². The summed E-state index contributed by atoms with van der Waals surface area (Å²) in [6.07, 6.45) is 3.41. The highest BCUT2D eigenvalue weighted by Crippen LogP contribution is 2.33. The number of nitrogens with two attached hydrogens (primary N) is 1. The van der Waals surface area contributed by atoms with Gasteiger partial charge in [0.25, 0.3) is 0 Å².